The number of nitrogens with one attached hydrogen (secondary N) is 2. The van der Waals surface area contributed by atoms with Crippen LogP contribution in [0.1, 0.15) is 23.9 Å². The number of hydrogen-bond acceptors (Lipinski definition) is 5. The van der Waals surface area contributed by atoms with Crippen LogP contribution >= 0.6 is 0 Å². The number of aryl methyl sites for hydroxylation is 2. The van der Waals surface area contributed by atoms with Crippen molar-refractivity contribution in [2.75, 3.05) is 17.7 Å². The van der Waals surface area contributed by atoms with Crippen LogP contribution in [0.5, 0.6) is 5.75 Å². The van der Waals surface area contributed by atoms with Crippen molar-refractivity contribution in [2.45, 2.75) is 27.3 Å². The van der Waals surface area contributed by atoms with E-state index in [9.17, 15) is 4.79 Å². The molecular formula is C15H19N3O3. The zero-order valence-corrected chi connectivity index (χ0v) is 12.6. The van der Waals surface area contributed by atoms with Gasteiger partial charge in [-0.25, -0.2) is 0 Å². The molecule has 0 atom stereocenters. The van der Waals surface area contributed by atoms with E-state index >= 15 is 0 Å². The van der Waals surface area contributed by atoms with Gasteiger partial charge in [0, 0.05) is 25.1 Å². The van der Waals surface area contributed by atoms with E-state index < -0.39 is 0 Å². The molecule has 0 fully saturated rings. The summed E-state index contributed by atoms with van der Waals surface area (Å²) in [5.74, 6) is 1.37. The van der Waals surface area contributed by atoms with Crippen LogP contribution < -0.4 is 15.4 Å². The molecule has 0 aliphatic rings. The van der Waals surface area contributed by atoms with Crippen LogP contribution in [-0.4, -0.2) is 18.2 Å². The lowest BCUT2D eigenvalue weighted by molar-refractivity contribution is -0.114. The van der Waals surface area contributed by atoms with Gasteiger partial charge in [-0.2, -0.15) is 0 Å². The third kappa shape index (κ3) is 3.53. The van der Waals surface area contributed by atoms with E-state index in [0.29, 0.717) is 18.0 Å². The minimum Gasteiger partial charge on any atom is -0.497 e. The standard InChI is InChI=1S/C15H19N3O3/c1-9-13(10(2)21-18-9)8-16-15-7-12(20-4)5-6-14(15)17-11(3)19/h5-7,16H,8H2,1-4H3,(H,17,19). The van der Waals surface area contributed by atoms with Crippen LogP contribution in [0.15, 0.2) is 22.7 Å². The van der Waals surface area contributed by atoms with Crippen molar-refractivity contribution in [3.05, 3.63) is 35.2 Å². The van der Waals surface area contributed by atoms with Gasteiger partial charge in [-0.15, -0.1) is 0 Å². The normalized spacial score (nSPS) is 10.3. The Bertz CT molecular complexity index is 630. The van der Waals surface area contributed by atoms with Crippen molar-refractivity contribution in [1.82, 2.24) is 5.16 Å². The maximum atomic E-state index is 11.3. The summed E-state index contributed by atoms with van der Waals surface area (Å²) in [4.78, 5) is 11.3. The predicted molar refractivity (Wildman–Crippen MR) is 80.6 cm³/mol. The number of amides is 1. The summed E-state index contributed by atoms with van der Waals surface area (Å²) in [6, 6.07) is 5.44. The molecular weight excluding hydrogens is 270 g/mol. The molecule has 2 aromatic rings. The SMILES string of the molecule is COc1ccc(NC(C)=O)c(NCc2c(C)noc2C)c1. The van der Waals surface area contributed by atoms with E-state index in [1.807, 2.05) is 19.9 Å². The third-order valence-electron chi connectivity index (χ3n) is 3.17. The molecule has 6 nitrogen and oxygen atoms in total. The van der Waals surface area contributed by atoms with Crippen LogP contribution in [0.3, 0.4) is 0 Å². The Hall–Kier alpha value is -2.50. The molecule has 112 valence electrons. The van der Waals surface area contributed by atoms with E-state index in [0.717, 1.165) is 22.7 Å². The maximum absolute atomic E-state index is 11.3. The molecule has 0 radical (unpaired) electrons. The minimum absolute atomic E-state index is 0.124. The highest BCUT2D eigenvalue weighted by Gasteiger charge is 2.11. The average molecular weight is 289 g/mol. The highest BCUT2D eigenvalue weighted by Crippen LogP contribution is 2.28. The molecule has 0 saturated carbocycles. The summed E-state index contributed by atoms with van der Waals surface area (Å²) < 4.78 is 10.4. The molecule has 0 aliphatic heterocycles. The maximum Gasteiger partial charge on any atom is 0.221 e. The molecule has 1 heterocycles. The summed E-state index contributed by atoms with van der Waals surface area (Å²) >= 11 is 0. The van der Waals surface area contributed by atoms with Crippen molar-refractivity contribution in [3.8, 4) is 5.75 Å². The van der Waals surface area contributed by atoms with Gasteiger partial charge in [0.25, 0.3) is 0 Å². The lowest BCUT2D eigenvalue weighted by Crippen LogP contribution is -2.10. The van der Waals surface area contributed by atoms with Gasteiger partial charge in [0.15, 0.2) is 0 Å². The molecule has 0 unspecified atom stereocenters. The minimum atomic E-state index is -0.124. The Morgan fingerprint density at radius 2 is 2.10 bits per heavy atom. The van der Waals surface area contributed by atoms with Gasteiger partial charge in [0.2, 0.25) is 5.91 Å². The summed E-state index contributed by atoms with van der Waals surface area (Å²) in [5.41, 5.74) is 3.34. The molecule has 6 heteroatoms. The Balaban J connectivity index is 2.22. The van der Waals surface area contributed by atoms with Crippen LogP contribution in [0.2, 0.25) is 0 Å². The number of hydrogen-bond donors (Lipinski definition) is 2. The second-order valence-corrected chi connectivity index (χ2v) is 4.75. The molecule has 0 spiro atoms. The fourth-order valence-electron chi connectivity index (χ4n) is 2.03. The van der Waals surface area contributed by atoms with Crippen LogP contribution in [-0.2, 0) is 11.3 Å². The molecule has 1 amide bonds. The number of carbonyl (C=O) groups excluding carboxylic acids is 1. The Kier molecular flexibility index (Phi) is 4.47. The number of aromatic nitrogens is 1. The van der Waals surface area contributed by atoms with Gasteiger partial charge in [0.05, 0.1) is 24.2 Å². The summed E-state index contributed by atoms with van der Waals surface area (Å²) in [6.07, 6.45) is 0. The highest BCUT2D eigenvalue weighted by molar-refractivity contribution is 5.92. The number of anilines is 2. The monoisotopic (exact) mass is 289 g/mol. The van der Waals surface area contributed by atoms with Crippen molar-refractivity contribution in [1.29, 1.82) is 0 Å². The molecule has 2 N–H and O–H groups in total. The highest BCUT2D eigenvalue weighted by atomic mass is 16.5. The van der Waals surface area contributed by atoms with E-state index in [1.165, 1.54) is 6.92 Å². The van der Waals surface area contributed by atoms with Crippen molar-refractivity contribution < 1.29 is 14.1 Å². The van der Waals surface area contributed by atoms with Crippen molar-refractivity contribution in [2.24, 2.45) is 0 Å². The number of ether oxygens (including phenoxy) is 1. The van der Waals surface area contributed by atoms with Crippen molar-refractivity contribution >= 4 is 17.3 Å². The van der Waals surface area contributed by atoms with Gasteiger partial charge >= 0.3 is 0 Å². The number of nitrogens with zero attached hydrogens (tertiary/aromatic N) is 1. The Morgan fingerprint density at radius 3 is 2.67 bits per heavy atom. The van der Waals surface area contributed by atoms with E-state index in [2.05, 4.69) is 15.8 Å². The average Bonchev–Trinajstić information content (AvgIpc) is 2.76. The first kappa shape index (κ1) is 14.9. The number of carbonyl (C=O) groups is 1. The molecule has 0 aliphatic carbocycles. The number of benzene rings is 1. The van der Waals surface area contributed by atoms with E-state index in [1.54, 1.807) is 19.2 Å². The van der Waals surface area contributed by atoms with Gasteiger partial charge < -0.3 is 19.9 Å². The number of rotatable bonds is 5. The van der Waals surface area contributed by atoms with E-state index in [-0.39, 0.29) is 5.91 Å². The lowest BCUT2D eigenvalue weighted by Gasteiger charge is -2.13. The molecule has 1 aromatic heterocycles. The fourth-order valence-corrected chi connectivity index (χ4v) is 2.03. The molecule has 0 bridgehead atoms. The fraction of sp³-hybridized carbons (Fsp3) is 0.333. The lowest BCUT2D eigenvalue weighted by atomic mass is 10.2. The van der Waals surface area contributed by atoms with Gasteiger partial charge in [0.1, 0.15) is 11.5 Å². The summed E-state index contributed by atoms with van der Waals surface area (Å²) in [5, 5.41) is 9.99. The zero-order valence-electron chi connectivity index (χ0n) is 12.6. The van der Waals surface area contributed by atoms with Crippen LogP contribution in [0.25, 0.3) is 0 Å². The Labute approximate surface area is 123 Å². The molecule has 0 saturated heterocycles. The first-order valence-electron chi connectivity index (χ1n) is 6.62. The largest absolute Gasteiger partial charge is 0.497 e. The van der Waals surface area contributed by atoms with E-state index in [4.69, 9.17) is 9.26 Å². The first-order chi connectivity index (χ1) is 10.0. The molecule has 21 heavy (non-hydrogen) atoms. The predicted octanol–water partition coefficient (Wildman–Crippen LogP) is 2.87. The third-order valence-corrected chi connectivity index (χ3v) is 3.17. The van der Waals surface area contributed by atoms with Gasteiger partial charge in [-0.1, -0.05) is 5.16 Å². The summed E-state index contributed by atoms with van der Waals surface area (Å²) in [6.45, 7) is 5.80. The second-order valence-electron chi connectivity index (χ2n) is 4.75. The topological polar surface area (TPSA) is 76.4 Å². The van der Waals surface area contributed by atoms with Gasteiger partial charge in [-0.3, -0.25) is 4.79 Å². The smallest absolute Gasteiger partial charge is 0.221 e. The first-order valence-corrected chi connectivity index (χ1v) is 6.62. The zero-order chi connectivity index (χ0) is 15.4. The quantitative estimate of drug-likeness (QED) is 0.885. The van der Waals surface area contributed by atoms with Crippen LogP contribution in [0.4, 0.5) is 11.4 Å². The number of methoxy groups -OCH3 is 1. The van der Waals surface area contributed by atoms with Crippen LogP contribution in [0, 0.1) is 13.8 Å². The Morgan fingerprint density at radius 1 is 1.33 bits per heavy atom. The van der Waals surface area contributed by atoms with Gasteiger partial charge in [-0.05, 0) is 26.0 Å². The molecule has 1 aromatic carbocycles. The van der Waals surface area contributed by atoms with Crippen molar-refractivity contribution in [3.63, 3.8) is 0 Å². The second kappa shape index (κ2) is 6.30. The summed E-state index contributed by atoms with van der Waals surface area (Å²) in [7, 11) is 1.60. The molecule has 2 rings (SSSR count).